The average molecular weight is 675 g/mol. The van der Waals surface area contributed by atoms with Gasteiger partial charge in [-0.3, -0.25) is 0 Å². The molecule has 0 bridgehead atoms. The molecule has 0 unspecified atom stereocenters. The van der Waals surface area contributed by atoms with Crippen molar-refractivity contribution in [2.75, 3.05) is 0 Å². The molecule has 11 rings (SSSR count). The van der Waals surface area contributed by atoms with Gasteiger partial charge in [0, 0.05) is 33.7 Å². The summed E-state index contributed by atoms with van der Waals surface area (Å²) < 4.78 is 4.73. The molecular formula is C51H34N2. The van der Waals surface area contributed by atoms with Crippen LogP contribution in [0.5, 0.6) is 0 Å². The largest absolute Gasteiger partial charge is 0.317 e. The molecule has 2 heterocycles. The van der Waals surface area contributed by atoms with Crippen LogP contribution in [0.2, 0.25) is 0 Å². The first-order chi connectivity index (χ1) is 26.3. The standard InChI is InChI=1S/C51H34N2/c1-4-16-37(17-5-1)51(38-18-6-2-7-19-38)45-25-12-10-23-41(45)42-28-27-36(34-46(42)51)35-15-14-22-40(33-35)53-48-26-13-11-24-43(48)50-44-31-32-52(39-20-8-3-9-21-39)47(44)29-30-49(50)53/h1-34H. The molecule has 0 amide bonds. The molecule has 0 saturated heterocycles. The number of aromatic nitrogens is 2. The van der Waals surface area contributed by atoms with E-state index >= 15 is 0 Å². The van der Waals surface area contributed by atoms with Crippen LogP contribution in [0.15, 0.2) is 206 Å². The zero-order valence-electron chi connectivity index (χ0n) is 29.0. The fraction of sp³-hybridized carbons (Fsp3) is 0.0196. The molecule has 0 atom stereocenters. The molecule has 8 aromatic carbocycles. The van der Waals surface area contributed by atoms with Gasteiger partial charge < -0.3 is 9.13 Å². The van der Waals surface area contributed by atoms with Gasteiger partial charge in [0.2, 0.25) is 0 Å². The Morgan fingerprint density at radius 1 is 0.358 bits per heavy atom. The van der Waals surface area contributed by atoms with E-state index in [0.717, 1.165) is 5.69 Å². The van der Waals surface area contributed by atoms with E-state index < -0.39 is 5.41 Å². The number of benzene rings is 8. The van der Waals surface area contributed by atoms with E-state index in [0.29, 0.717) is 0 Å². The molecule has 0 aliphatic heterocycles. The smallest absolute Gasteiger partial charge is 0.0713 e. The van der Waals surface area contributed by atoms with Crippen molar-refractivity contribution < 1.29 is 0 Å². The Hall–Kier alpha value is -6.90. The molecule has 2 nitrogen and oxygen atoms in total. The minimum Gasteiger partial charge on any atom is -0.317 e. The fourth-order valence-electron chi connectivity index (χ4n) is 9.22. The second-order valence-corrected chi connectivity index (χ2v) is 14.1. The molecule has 0 spiro atoms. The SMILES string of the molecule is c1ccc(-n2ccc3c4c5ccccc5n(-c5cccc(-c6ccc7c(c6)C(c6ccccc6)(c6ccccc6)c6ccccc6-7)c5)c4ccc32)cc1. The zero-order valence-corrected chi connectivity index (χ0v) is 29.0. The van der Waals surface area contributed by atoms with E-state index in [2.05, 4.69) is 216 Å². The zero-order chi connectivity index (χ0) is 34.9. The molecule has 2 heteroatoms. The molecule has 53 heavy (non-hydrogen) atoms. The molecule has 248 valence electrons. The third kappa shape index (κ3) is 4.27. The van der Waals surface area contributed by atoms with Crippen LogP contribution in [0.25, 0.3) is 66.3 Å². The van der Waals surface area contributed by atoms with Crippen LogP contribution in [-0.2, 0) is 5.41 Å². The summed E-state index contributed by atoms with van der Waals surface area (Å²) in [4.78, 5) is 0. The Morgan fingerprint density at radius 3 is 1.75 bits per heavy atom. The van der Waals surface area contributed by atoms with Crippen LogP contribution in [-0.4, -0.2) is 9.13 Å². The maximum Gasteiger partial charge on any atom is 0.0713 e. The van der Waals surface area contributed by atoms with Crippen molar-refractivity contribution in [1.29, 1.82) is 0 Å². The number of hydrogen-bond acceptors (Lipinski definition) is 0. The molecule has 10 aromatic rings. The minimum atomic E-state index is -0.434. The first kappa shape index (κ1) is 29.8. The van der Waals surface area contributed by atoms with Gasteiger partial charge in [-0.25, -0.2) is 0 Å². The third-order valence-corrected chi connectivity index (χ3v) is 11.4. The van der Waals surface area contributed by atoms with Gasteiger partial charge in [0.1, 0.15) is 0 Å². The number of para-hydroxylation sites is 2. The lowest BCUT2D eigenvalue weighted by molar-refractivity contribution is 0.769. The van der Waals surface area contributed by atoms with Gasteiger partial charge >= 0.3 is 0 Å². The molecular weight excluding hydrogens is 641 g/mol. The van der Waals surface area contributed by atoms with Crippen LogP contribution in [0.4, 0.5) is 0 Å². The highest BCUT2D eigenvalue weighted by Gasteiger charge is 2.46. The molecule has 1 aliphatic rings. The highest BCUT2D eigenvalue weighted by molar-refractivity contribution is 6.21. The lowest BCUT2D eigenvalue weighted by atomic mass is 9.67. The predicted molar refractivity (Wildman–Crippen MR) is 220 cm³/mol. The Bertz CT molecular complexity index is 2950. The summed E-state index contributed by atoms with van der Waals surface area (Å²) in [5, 5.41) is 3.80. The van der Waals surface area contributed by atoms with Crippen molar-refractivity contribution in [3.05, 3.63) is 229 Å². The molecule has 0 fully saturated rings. The van der Waals surface area contributed by atoms with Crippen LogP contribution in [0, 0.1) is 0 Å². The van der Waals surface area contributed by atoms with Gasteiger partial charge in [-0.1, -0.05) is 146 Å². The van der Waals surface area contributed by atoms with Gasteiger partial charge in [-0.15, -0.1) is 0 Å². The van der Waals surface area contributed by atoms with Crippen LogP contribution in [0.1, 0.15) is 22.3 Å². The summed E-state index contributed by atoms with van der Waals surface area (Å²) in [5.41, 5.74) is 15.7. The topological polar surface area (TPSA) is 9.86 Å². The number of rotatable bonds is 5. The number of fused-ring (bicyclic) bond motifs is 8. The lowest BCUT2D eigenvalue weighted by Gasteiger charge is -2.34. The van der Waals surface area contributed by atoms with Crippen LogP contribution in [0.3, 0.4) is 0 Å². The van der Waals surface area contributed by atoms with Gasteiger partial charge in [-0.2, -0.15) is 0 Å². The molecule has 2 aromatic heterocycles. The van der Waals surface area contributed by atoms with E-state index in [9.17, 15) is 0 Å². The summed E-state index contributed by atoms with van der Waals surface area (Å²) in [6.45, 7) is 0. The number of nitrogens with zero attached hydrogens (tertiary/aromatic N) is 2. The quantitative estimate of drug-likeness (QED) is 0.172. The Balaban J connectivity index is 1.11. The van der Waals surface area contributed by atoms with Crippen molar-refractivity contribution >= 4 is 32.7 Å². The third-order valence-electron chi connectivity index (χ3n) is 11.4. The molecule has 0 saturated carbocycles. The normalized spacial score (nSPS) is 13.1. The average Bonchev–Trinajstić information content (AvgIpc) is 3.91. The summed E-state index contributed by atoms with van der Waals surface area (Å²) in [6, 6.07) is 73.5. The van der Waals surface area contributed by atoms with E-state index in [4.69, 9.17) is 0 Å². The summed E-state index contributed by atoms with van der Waals surface area (Å²) >= 11 is 0. The van der Waals surface area contributed by atoms with E-state index in [1.807, 2.05) is 0 Å². The molecule has 0 radical (unpaired) electrons. The summed E-state index contributed by atoms with van der Waals surface area (Å²) in [7, 11) is 0. The minimum absolute atomic E-state index is 0.434. The van der Waals surface area contributed by atoms with E-state index in [-0.39, 0.29) is 0 Å². The fourth-order valence-corrected chi connectivity index (χ4v) is 9.22. The van der Waals surface area contributed by atoms with Gasteiger partial charge in [0.25, 0.3) is 0 Å². The monoisotopic (exact) mass is 674 g/mol. The first-order valence-corrected chi connectivity index (χ1v) is 18.4. The maximum absolute atomic E-state index is 2.45. The van der Waals surface area contributed by atoms with Crippen molar-refractivity contribution in [2.45, 2.75) is 5.41 Å². The van der Waals surface area contributed by atoms with Gasteiger partial charge in [0.05, 0.1) is 22.0 Å². The summed E-state index contributed by atoms with van der Waals surface area (Å²) in [6.07, 6.45) is 2.20. The van der Waals surface area contributed by atoms with Crippen molar-refractivity contribution in [3.8, 4) is 33.6 Å². The predicted octanol–water partition coefficient (Wildman–Crippen LogP) is 12.8. The Labute approximate surface area is 308 Å². The molecule has 0 N–H and O–H groups in total. The first-order valence-electron chi connectivity index (χ1n) is 18.4. The van der Waals surface area contributed by atoms with Gasteiger partial charge in [-0.05, 0) is 99.1 Å². The van der Waals surface area contributed by atoms with E-state index in [1.54, 1.807) is 0 Å². The molecule has 1 aliphatic carbocycles. The summed E-state index contributed by atoms with van der Waals surface area (Å²) in [5.74, 6) is 0. The van der Waals surface area contributed by atoms with Crippen LogP contribution >= 0.6 is 0 Å². The maximum atomic E-state index is 2.45. The second-order valence-electron chi connectivity index (χ2n) is 14.1. The van der Waals surface area contributed by atoms with Crippen molar-refractivity contribution in [2.24, 2.45) is 0 Å². The van der Waals surface area contributed by atoms with Crippen LogP contribution < -0.4 is 0 Å². The number of hydrogen-bond donors (Lipinski definition) is 0. The second kappa shape index (κ2) is 11.6. The van der Waals surface area contributed by atoms with Crippen molar-refractivity contribution in [1.82, 2.24) is 9.13 Å². The lowest BCUT2D eigenvalue weighted by Crippen LogP contribution is -2.28. The van der Waals surface area contributed by atoms with Gasteiger partial charge in [0.15, 0.2) is 0 Å². The highest BCUT2D eigenvalue weighted by atomic mass is 15.0. The van der Waals surface area contributed by atoms with Crippen molar-refractivity contribution in [3.63, 3.8) is 0 Å². The Morgan fingerprint density at radius 2 is 0.962 bits per heavy atom. The van der Waals surface area contributed by atoms with E-state index in [1.165, 1.54) is 82.9 Å². The highest BCUT2D eigenvalue weighted by Crippen LogP contribution is 2.56. The Kier molecular flexibility index (Phi) is 6.50.